The summed E-state index contributed by atoms with van der Waals surface area (Å²) >= 11 is 0. The number of methoxy groups -OCH3 is 1. The Hall–Kier alpha value is -3.02. The molecule has 0 atom stereocenters. The highest BCUT2D eigenvalue weighted by atomic mass is 16.5. The van der Waals surface area contributed by atoms with E-state index < -0.39 is 0 Å². The first-order valence-corrected chi connectivity index (χ1v) is 6.29. The average Bonchev–Trinajstić information content (AvgIpc) is 3.00. The average molecular weight is 280 g/mol. The molecular formula is C15H12N4O2. The molecule has 0 aromatic carbocycles. The Morgan fingerprint density at radius 2 is 2.10 bits per heavy atom. The number of hydrogen-bond donors (Lipinski definition) is 0. The second-order valence-corrected chi connectivity index (χ2v) is 4.26. The Labute approximate surface area is 121 Å². The molecule has 0 amide bonds. The first-order valence-electron chi connectivity index (χ1n) is 6.29. The van der Waals surface area contributed by atoms with Gasteiger partial charge in [-0.3, -0.25) is 9.78 Å². The number of aromatic nitrogens is 4. The first kappa shape index (κ1) is 13.0. The van der Waals surface area contributed by atoms with Gasteiger partial charge in [0.25, 0.3) is 0 Å². The second kappa shape index (κ2) is 5.54. The van der Waals surface area contributed by atoms with Crippen molar-refractivity contribution in [1.82, 2.24) is 19.7 Å². The van der Waals surface area contributed by atoms with E-state index in [2.05, 4.69) is 15.1 Å². The fraction of sp³-hybridized carbons (Fsp3) is 0.0667. The summed E-state index contributed by atoms with van der Waals surface area (Å²) < 4.78 is 6.67. The maximum Gasteiger partial charge on any atom is 0.213 e. The molecule has 6 nitrogen and oxygen atoms in total. The summed E-state index contributed by atoms with van der Waals surface area (Å²) in [4.78, 5) is 19.4. The molecular weight excluding hydrogens is 268 g/mol. The minimum atomic E-state index is 0.339. The Bertz CT molecular complexity index is 751. The van der Waals surface area contributed by atoms with Crippen LogP contribution in [0.5, 0.6) is 5.88 Å². The Kier molecular flexibility index (Phi) is 3.42. The predicted molar refractivity (Wildman–Crippen MR) is 76.5 cm³/mol. The van der Waals surface area contributed by atoms with Crippen LogP contribution in [0.25, 0.3) is 17.1 Å². The number of nitrogens with zero attached hydrogens (tertiary/aromatic N) is 4. The molecule has 0 unspecified atom stereocenters. The van der Waals surface area contributed by atoms with Crippen LogP contribution in [-0.2, 0) is 0 Å². The minimum Gasteiger partial charge on any atom is -0.481 e. The molecule has 0 radical (unpaired) electrons. The molecule has 3 rings (SSSR count). The van der Waals surface area contributed by atoms with Crippen LogP contribution in [-0.4, -0.2) is 33.1 Å². The zero-order valence-corrected chi connectivity index (χ0v) is 11.3. The van der Waals surface area contributed by atoms with Crippen molar-refractivity contribution in [3.8, 4) is 23.0 Å². The van der Waals surface area contributed by atoms with Crippen LogP contribution in [0.15, 0.2) is 48.8 Å². The molecule has 0 spiro atoms. The molecule has 0 saturated carbocycles. The van der Waals surface area contributed by atoms with E-state index in [1.807, 2.05) is 24.3 Å². The lowest BCUT2D eigenvalue weighted by atomic mass is 10.2. The lowest BCUT2D eigenvalue weighted by Gasteiger charge is -2.07. The third-order valence-electron chi connectivity index (χ3n) is 2.95. The summed E-state index contributed by atoms with van der Waals surface area (Å²) in [5, 5.41) is 4.26. The fourth-order valence-corrected chi connectivity index (χ4v) is 1.97. The molecule has 3 aromatic rings. The van der Waals surface area contributed by atoms with Crippen molar-refractivity contribution in [2.24, 2.45) is 0 Å². The van der Waals surface area contributed by atoms with Crippen LogP contribution in [0.1, 0.15) is 10.5 Å². The highest BCUT2D eigenvalue weighted by molar-refractivity contribution is 5.75. The number of rotatable bonds is 4. The van der Waals surface area contributed by atoms with Crippen molar-refractivity contribution in [2.75, 3.05) is 7.11 Å². The van der Waals surface area contributed by atoms with Crippen LogP contribution in [0.3, 0.4) is 0 Å². The number of hydrogen-bond acceptors (Lipinski definition) is 5. The van der Waals surface area contributed by atoms with Gasteiger partial charge in [0, 0.05) is 12.3 Å². The van der Waals surface area contributed by atoms with Gasteiger partial charge in [0.05, 0.1) is 30.4 Å². The maximum absolute atomic E-state index is 11.0. The number of aldehydes is 1. The summed E-state index contributed by atoms with van der Waals surface area (Å²) in [6.45, 7) is 0. The maximum atomic E-state index is 11.0. The number of ether oxygens (including phenoxy) is 1. The highest BCUT2D eigenvalue weighted by Gasteiger charge is 2.12. The van der Waals surface area contributed by atoms with Crippen molar-refractivity contribution in [1.29, 1.82) is 0 Å². The normalized spacial score (nSPS) is 10.3. The van der Waals surface area contributed by atoms with Crippen LogP contribution in [0.4, 0.5) is 0 Å². The van der Waals surface area contributed by atoms with E-state index in [0.29, 0.717) is 17.9 Å². The molecule has 21 heavy (non-hydrogen) atoms. The summed E-state index contributed by atoms with van der Waals surface area (Å²) in [6.07, 6.45) is 4.03. The van der Waals surface area contributed by atoms with Gasteiger partial charge in [-0.2, -0.15) is 5.10 Å². The lowest BCUT2D eigenvalue weighted by Crippen LogP contribution is -2.01. The lowest BCUT2D eigenvalue weighted by molar-refractivity contribution is 0.111. The van der Waals surface area contributed by atoms with E-state index in [1.54, 1.807) is 36.3 Å². The Balaban J connectivity index is 2.12. The van der Waals surface area contributed by atoms with E-state index in [0.717, 1.165) is 17.1 Å². The second-order valence-electron chi connectivity index (χ2n) is 4.26. The van der Waals surface area contributed by atoms with E-state index in [-0.39, 0.29) is 0 Å². The smallest absolute Gasteiger partial charge is 0.213 e. The Morgan fingerprint density at radius 3 is 2.71 bits per heavy atom. The minimum absolute atomic E-state index is 0.339. The molecule has 0 aliphatic carbocycles. The third-order valence-corrected chi connectivity index (χ3v) is 2.95. The van der Waals surface area contributed by atoms with Crippen LogP contribution in [0, 0.1) is 0 Å². The van der Waals surface area contributed by atoms with Crippen molar-refractivity contribution in [3.05, 3.63) is 54.5 Å². The Morgan fingerprint density at radius 1 is 1.19 bits per heavy atom. The third kappa shape index (κ3) is 2.51. The first-order chi connectivity index (χ1) is 10.3. The monoisotopic (exact) mass is 280 g/mol. The van der Waals surface area contributed by atoms with Gasteiger partial charge < -0.3 is 4.74 Å². The van der Waals surface area contributed by atoms with Gasteiger partial charge in [-0.15, -0.1) is 0 Å². The standard InChI is InChI=1S/C15H12N4O2/c1-21-15-6-5-12(9-17-15)19-14(8-11(10-20)18-19)13-4-2-3-7-16-13/h2-10H,1H3. The molecule has 0 fully saturated rings. The van der Waals surface area contributed by atoms with E-state index in [9.17, 15) is 4.79 Å². The van der Waals surface area contributed by atoms with Crippen LogP contribution in [0.2, 0.25) is 0 Å². The topological polar surface area (TPSA) is 69.9 Å². The van der Waals surface area contributed by atoms with E-state index in [1.165, 1.54) is 0 Å². The molecule has 6 heteroatoms. The zero-order chi connectivity index (χ0) is 14.7. The van der Waals surface area contributed by atoms with Gasteiger partial charge in [-0.05, 0) is 24.3 Å². The van der Waals surface area contributed by atoms with Gasteiger partial charge in [0.1, 0.15) is 5.69 Å². The summed E-state index contributed by atoms with van der Waals surface area (Å²) in [5.74, 6) is 0.515. The van der Waals surface area contributed by atoms with Gasteiger partial charge >= 0.3 is 0 Å². The number of pyridine rings is 2. The van der Waals surface area contributed by atoms with Crippen LogP contribution < -0.4 is 4.74 Å². The van der Waals surface area contributed by atoms with E-state index in [4.69, 9.17) is 4.74 Å². The summed E-state index contributed by atoms with van der Waals surface area (Å²) in [7, 11) is 1.56. The fourth-order valence-electron chi connectivity index (χ4n) is 1.97. The zero-order valence-electron chi connectivity index (χ0n) is 11.3. The molecule has 0 N–H and O–H groups in total. The molecule has 3 heterocycles. The quantitative estimate of drug-likeness (QED) is 0.685. The van der Waals surface area contributed by atoms with Gasteiger partial charge in [0.15, 0.2) is 6.29 Å². The molecule has 0 saturated heterocycles. The number of carbonyl (C=O) groups is 1. The highest BCUT2D eigenvalue weighted by Crippen LogP contribution is 2.22. The summed E-state index contributed by atoms with van der Waals surface area (Å²) in [5.41, 5.74) is 2.52. The molecule has 0 aliphatic heterocycles. The van der Waals surface area contributed by atoms with Gasteiger partial charge in [-0.1, -0.05) is 6.07 Å². The molecule has 0 bridgehead atoms. The predicted octanol–water partition coefficient (Wildman–Crippen LogP) is 2.15. The van der Waals surface area contributed by atoms with Crippen molar-refractivity contribution >= 4 is 6.29 Å². The van der Waals surface area contributed by atoms with Gasteiger partial charge in [0.2, 0.25) is 5.88 Å². The molecule has 104 valence electrons. The van der Waals surface area contributed by atoms with Crippen molar-refractivity contribution < 1.29 is 9.53 Å². The van der Waals surface area contributed by atoms with Gasteiger partial charge in [-0.25, -0.2) is 9.67 Å². The van der Waals surface area contributed by atoms with Crippen molar-refractivity contribution in [3.63, 3.8) is 0 Å². The number of carbonyl (C=O) groups excluding carboxylic acids is 1. The largest absolute Gasteiger partial charge is 0.481 e. The SMILES string of the molecule is COc1ccc(-n2nc(C=O)cc2-c2ccccn2)cn1. The van der Waals surface area contributed by atoms with E-state index >= 15 is 0 Å². The molecule has 0 aliphatic rings. The van der Waals surface area contributed by atoms with Crippen molar-refractivity contribution in [2.45, 2.75) is 0 Å². The summed E-state index contributed by atoms with van der Waals surface area (Å²) in [6, 6.07) is 10.8. The van der Waals surface area contributed by atoms with Crippen LogP contribution >= 0.6 is 0 Å². The molecule has 3 aromatic heterocycles.